The fraction of sp³-hybridized carbons (Fsp3) is 0.133. The average Bonchev–Trinajstić information content (AvgIpc) is 2.45. The van der Waals surface area contributed by atoms with E-state index < -0.39 is 17.5 Å². The van der Waals surface area contributed by atoms with Gasteiger partial charge in [0.15, 0.2) is 5.78 Å². The van der Waals surface area contributed by atoms with E-state index in [0.717, 1.165) is 24.3 Å². The van der Waals surface area contributed by atoms with Crippen LogP contribution in [0.5, 0.6) is 5.75 Å². The van der Waals surface area contributed by atoms with Gasteiger partial charge in [0.2, 0.25) is 0 Å². The van der Waals surface area contributed by atoms with Gasteiger partial charge in [0, 0.05) is 10.6 Å². The normalized spacial score (nSPS) is 11.3. The van der Waals surface area contributed by atoms with E-state index in [0.29, 0.717) is 5.02 Å². The zero-order chi connectivity index (χ0) is 15.6. The van der Waals surface area contributed by atoms with Crippen LogP contribution >= 0.6 is 11.6 Å². The van der Waals surface area contributed by atoms with E-state index in [1.54, 1.807) is 0 Å². The highest BCUT2D eigenvalue weighted by Gasteiger charge is 2.30. The number of ketones is 1. The molecule has 0 atom stereocenters. The van der Waals surface area contributed by atoms with Gasteiger partial charge in [0.25, 0.3) is 0 Å². The minimum atomic E-state index is -4.43. The van der Waals surface area contributed by atoms with Crippen molar-refractivity contribution in [3.63, 3.8) is 0 Å². The Morgan fingerprint density at radius 3 is 2.24 bits per heavy atom. The Balaban J connectivity index is 2.37. The lowest BCUT2D eigenvalue weighted by molar-refractivity contribution is -0.137. The molecule has 110 valence electrons. The first-order valence-electron chi connectivity index (χ1n) is 5.88. The second kappa shape index (κ2) is 5.77. The zero-order valence-corrected chi connectivity index (χ0v) is 11.6. The summed E-state index contributed by atoms with van der Waals surface area (Å²) >= 11 is 5.80. The van der Waals surface area contributed by atoms with Crippen LogP contribution in [0.4, 0.5) is 13.2 Å². The number of benzene rings is 2. The van der Waals surface area contributed by atoms with Crippen molar-refractivity contribution in [2.45, 2.75) is 6.18 Å². The van der Waals surface area contributed by atoms with Gasteiger partial charge in [-0.2, -0.15) is 13.2 Å². The van der Waals surface area contributed by atoms with E-state index >= 15 is 0 Å². The molecule has 0 aromatic heterocycles. The molecule has 0 radical (unpaired) electrons. The van der Waals surface area contributed by atoms with Crippen LogP contribution in [0.3, 0.4) is 0 Å². The molecule has 0 amide bonds. The summed E-state index contributed by atoms with van der Waals surface area (Å²) in [6.07, 6.45) is -4.43. The van der Waals surface area contributed by atoms with Gasteiger partial charge in [-0.15, -0.1) is 0 Å². The van der Waals surface area contributed by atoms with Crippen LogP contribution in [0.1, 0.15) is 21.5 Å². The summed E-state index contributed by atoms with van der Waals surface area (Å²) in [7, 11) is 1.38. The topological polar surface area (TPSA) is 26.3 Å². The minimum absolute atomic E-state index is 0.142. The van der Waals surface area contributed by atoms with Crippen molar-refractivity contribution in [3.05, 3.63) is 64.2 Å². The molecule has 0 aliphatic rings. The van der Waals surface area contributed by atoms with Crippen LogP contribution in [0, 0.1) is 0 Å². The first-order chi connectivity index (χ1) is 9.82. The lowest BCUT2D eigenvalue weighted by Crippen LogP contribution is -2.07. The predicted molar refractivity (Wildman–Crippen MR) is 72.9 cm³/mol. The van der Waals surface area contributed by atoms with Gasteiger partial charge >= 0.3 is 6.18 Å². The summed E-state index contributed by atoms with van der Waals surface area (Å²) in [5, 5.41) is 0.399. The molecular weight excluding hydrogens is 305 g/mol. The molecule has 0 bridgehead atoms. The lowest BCUT2D eigenvalue weighted by atomic mass is 10.0. The quantitative estimate of drug-likeness (QED) is 0.774. The maximum Gasteiger partial charge on any atom is 0.416 e. The Morgan fingerprint density at radius 1 is 1.10 bits per heavy atom. The number of carbonyl (C=O) groups excluding carboxylic acids is 1. The summed E-state index contributed by atoms with van der Waals surface area (Å²) in [4.78, 5) is 12.3. The van der Waals surface area contributed by atoms with Crippen molar-refractivity contribution in [3.8, 4) is 5.75 Å². The third kappa shape index (κ3) is 3.36. The molecule has 0 unspecified atom stereocenters. The number of hydrogen-bond acceptors (Lipinski definition) is 2. The molecule has 6 heteroatoms. The maximum absolute atomic E-state index is 12.5. The Hall–Kier alpha value is -2.01. The van der Waals surface area contributed by atoms with E-state index in [9.17, 15) is 18.0 Å². The molecule has 21 heavy (non-hydrogen) atoms. The highest BCUT2D eigenvalue weighted by Crippen LogP contribution is 2.30. The number of ether oxygens (including phenoxy) is 1. The SMILES string of the molecule is COc1cc(Cl)ccc1C(=O)c1ccc(C(F)(F)F)cc1. The number of hydrogen-bond donors (Lipinski definition) is 0. The van der Waals surface area contributed by atoms with Crippen molar-refractivity contribution >= 4 is 17.4 Å². The van der Waals surface area contributed by atoms with Crippen molar-refractivity contribution < 1.29 is 22.7 Å². The van der Waals surface area contributed by atoms with E-state index in [2.05, 4.69) is 0 Å². The standard InChI is InChI=1S/C15H10ClF3O2/c1-21-13-8-11(16)6-7-12(13)14(20)9-2-4-10(5-3-9)15(17,18)19/h2-8H,1H3. The molecule has 0 saturated heterocycles. The number of alkyl halides is 3. The summed E-state index contributed by atoms with van der Waals surface area (Å²) < 4.78 is 42.5. The fourth-order valence-corrected chi connectivity index (χ4v) is 1.98. The molecule has 0 fully saturated rings. The number of carbonyl (C=O) groups is 1. The molecule has 0 aliphatic heterocycles. The molecule has 2 rings (SSSR count). The predicted octanol–water partition coefficient (Wildman–Crippen LogP) is 4.60. The van der Waals surface area contributed by atoms with Crippen molar-refractivity contribution in [1.29, 1.82) is 0 Å². The molecule has 0 N–H and O–H groups in total. The first kappa shape index (κ1) is 15.4. The lowest BCUT2D eigenvalue weighted by Gasteiger charge is -2.10. The molecule has 0 heterocycles. The monoisotopic (exact) mass is 314 g/mol. The van der Waals surface area contributed by atoms with E-state index in [1.807, 2.05) is 0 Å². The Morgan fingerprint density at radius 2 is 1.71 bits per heavy atom. The van der Waals surface area contributed by atoms with Gasteiger partial charge < -0.3 is 4.74 Å². The Labute approximate surface area is 124 Å². The van der Waals surface area contributed by atoms with Crippen LogP contribution in [-0.4, -0.2) is 12.9 Å². The largest absolute Gasteiger partial charge is 0.496 e. The highest BCUT2D eigenvalue weighted by atomic mass is 35.5. The summed E-state index contributed by atoms with van der Waals surface area (Å²) in [5.74, 6) is -0.162. The molecular formula is C15H10ClF3O2. The molecule has 0 aliphatic carbocycles. The number of halogens is 4. The van der Waals surface area contributed by atoms with Gasteiger partial charge in [-0.05, 0) is 30.3 Å². The molecule has 2 nitrogen and oxygen atoms in total. The van der Waals surface area contributed by atoms with Gasteiger partial charge in [-0.25, -0.2) is 0 Å². The van der Waals surface area contributed by atoms with Crippen LogP contribution in [0.2, 0.25) is 5.02 Å². The van der Waals surface area contributed by atoms with Gasteiger partial charge in [-0.1, -0.05) is 23.7 Å². The number of rotatable bonds is 3. The van der Waals surface area contributed by atoms with Gasteiger partial charge in [-0.3, -0.25) is 4.79 Å². The zero-order valence-electron chi connectivity index (χ0n) is 10.9. The second-order valence-corrected chi connectivity index (χ2v) is 4.69. The third-order valence-corrected chi connectivity index (χ3v) is 3.12. The van der Waals surface area contributed by atoms with Gasteiger partial charge in [0.05, 0.1) is 18.2 Å². The summed E-state index contributed by atoms with van der Waals surface area (Å²) in [6.45, 7) is 0. The fourth-order valence-electron chi connectivity index (χ4n) is 1.82. The smallest absolute Gasteiger partial charge is 0.416 e. The summed E-state index contributed by atoms with van der Waals surface area (Å²) in [6, 6.07) is 8.48. The minimum Gasteiger partial charge on any atom is -0.496 e. The van der Waals surface area contributed by atoms with E-state index in [1.165, 1.54) is 25.3 Å². The van der Waals surface area contributed by atoms with Crippen LogP contribution < -0.4 is 4.74 Å². The van der Waals surface area contributed by atoms with Crippen LogP contribution in [0.15, 0.2) is 42.5 Å². The van der Waals surface area contributed by atoms with E-state index in [4.69, 9.17) is 16.3 Å². The summed E-state index contributed by atoms with van der Waals surface area (Å²) in [5.41, 5.74) is -0.424. The van der Waals surface area contributed by atoms with Crippen LogP contribution in [0.25, 0.3) is 0 Å². The van der Waals surface area contributed by atoms with Gasteiger partial charge in [0.1, 0.15) is 5.75 Å². The van der Waals surface area contributed by atoms with Crippen molar-refractivity contribution in [1.82, 2.24) is 0 Å². The maximum atomic E-state index is 12.5. The first-order valence-corrected chi connectivity index (χ1v) is 6.26. The molecule has 0 saturated carbocycles. The number of methoxy groups -OCH3 is 1. The van der Waals surface area contributed by atoms with E-state index in [-0.39, 0.29) is 16.9 Å². The van der Waals surface area contributed by atoms with Crippen molar-refractivity contribution in [2.75, 3.05) is 7.11 Å². The Kier molecular flexibility index (Phi) is 4.23. The Bertz CT molecular complexity index is 664. The molecule has 0 spiro atoms. The second-order valence-electron chi connectivity index (χ2n) is 4.25. The van der Waals surface area contributed by atoms with Crippen molar-refractivity contribution in [2.24, 2.45) is 0 Å². The van der Waals surface area contributed by atoms with Crippen LogP contribution in [-0.2, 0) is 6.18 Å². The molecule has 2 aromatic carbocycles. The third-order valence-electron chi connectivity index (χ3n) is 2.88. The molecule has 2 aromatic rings. The average molecular weight is 315 g/mol. The highest BCUT2D eigenvalue weighted by molar-refractivity contribution is 6.31.